The van der Waals surface area contributed by atoms with Crippen LogP contribution in [0.4, 0.5) is 0 Å². The van der Waals surface area contributed by atoms with Crippen LogP contribution in [-0.2, 0) is 0 Å². The lowest BCUT2D eigenvalue weighted by Gasteiger charge is -2.32. The lowest BCUT2D eigenvalue weighted by atomic mass is 9.99. The number of nitrogens with zero attached hydrogens (tertiary/aromatic N) is 1. The first-order chi connectivity index (χ1) is 6.77. The fraction of sp³-hybridized carbons (Fsp3) is 1.00. The third-order valence-corrected chi connectivity index (χ3v) is 3.53. The van der Waals surface area contributed by atoms with Crippen molar-refractivity contribution in [1.29, 1.82) is 0 Å². The average Bonchev–Trinajstić information content (AvgIpc) is 2.58. The number of rotatable bonds is 3. The van der Waals surface area contributed by atoms with Gasteiger partial charge in [0.25, 0.3) is 0 Å². The molecular weight excluding hydrogens is 176 g/mol. The van der Waals surface area contributed by atoms with Crippen molar-refractivity contribution in [3.8, 4) is 0 Å². The Kier molecular flexibility index (Phi) is 3.42. The van der Waals surface area contributed by atoms with Crippen LogP contribution >= 0.6 is 0 Å². The number of aliphatic hydroxyl groups is 1. The molecule has 3 heteroatoms. The van der Waals surface area contributed by atoms with Crippen LogP contribution in [-0.4, -0.2) is 47.8 Å². The van der Waals surface area contributed by atoms with Crippen molar-refractivity contribution >= 4 is 0 Å². The SMILES string of the molecule is C[C@@H](O)CNC1CCN2CCCCC12. The second-order valence-electron chi connectivity index (χ2n) is 4.75. The molecule has 0 spiro atoms. The predicted molar refractivity (Wildman–Crippen MR) is 57.3 cm³/mol. The Balaban J connectivity index is 1.81. The van der Waals surface area contributed by atoms with Gasteiger partial charge in [-0.1, -0.05) is 6.42 Å². The van der Waals surface area contributed by atoms with Crippen LogP contribution in [0.3, 0.4) is 0 Å². The summed E-state index contributed by atoms with van der Waals surface area (Å²) in [6, 6.07) is 1.38. The van der Waals surface area contributed by atoms with E-state index in [4.69, 9.17) is 0 Å². The molecule has 0 aromatic heterocycles. The smallest absolute Gasteiger partial charge is 0.0636 e. The van der Waals surface area contributed by atoms with Crippen molar-refractivity contribution in [3.63, 3.8) is 0 Å². The standard InChI is InChI=1S/C11H22N2O/c1-9(14)8-12-10-5-7-13-6-3-2-4-11(10)13/h9-12,14H,2-8H2,1H3/t9-,10?,11?/m1/s1. The summed E-state index contributed by atoms with van der Waals surface area (Å²) in [5, 5.41) is 12.7. The molecule has 0 aromatic rings. The van der Waals surface area contributed by atoms with Gasteiger partial charge in [-0.25, -0.2) is 0 Å². The largest absolute Gasteiger partial charge is 0.392 e. The first-order valence-electron chi connectivity index (χ1n) is 5.93. The highest BCUT2D eigenvalue weighted by Gasteiger charge is 2.34. The Morgan fingerprint density at radius 2 is 2.21 bits per heavy atom. The van der Waals surface area contributed by atoms with Gasteiger partial charge >= 0.3 is 0 Å². The minimum Gasteiger partial charge on any atom is -0.392 e. The zero-order chi connectivity index (χ0) is 9.97. The van der Waals surface area contributed by atoms with E-state index in [9.17, 15) is 5.11 Å². The molecule has 2 N–H and O–H groups in total. The number of hydrogen-bond donors (Lipinski definition) is 2. The topological polar surface area (TPSA) is 35.5 Å². The van der Waals surface area contributed by atoms with Gasteiger partial charge in [0, 0.05) is 25.2 Å². The fourth-order valence-electron chi connectivity index (χ4n) is 2.81. The van der Waals surface area contributed by atoms with E-state index in [2.05, 4.69) is 10.2 Å². The van der Waals surface area contributed by atoms with E-state index in [1.165, 1.54) is 38.8 Å². The van der Waals surface area contributed by atoms with E-state index in [1.54, 1.807) is 0 Å². The lowest BCUT2D eigenvalue weighted by molar-refractivity contribution is 0.159. The van der Waals surface area contributed by atoms with Crippen molar-refractivity contribution in [2.75, 3.05) is 19.6 Å². The van der Waals surface area contributed by atoms with Crippen LogP contribution in [0.1, 0.15) is 32.6 Å². The number of piperidine rings is 1. The summed E-state index contributed by atoms with van der Waals surface area (Å²) in [5.74, 6) is 0. The Morgan fingerprint density at radius 3 is 3.00 bits per heavy atom. The molecule has 0 amide bonds. The quantitative estimate of drug-likeness (QED) is 0.696. The van der Waals surface area contributed by atoms with Crippen LogP contribution < -0.4 is 5.32 Å². The highest BCUT2D eigenvalue weighted by atomic mass is 16.3. The third kappa shape index (κ3) is 2.27. The molecule has 3 nitrogen and oxygen atoms in total. The highest BCUT2D eigenvalue weighted by Crippen LogP contribution is 2.26. The maximum absolute atomic E-state index is 9.23. The Hall–Kier alpha value is -0.120. The summed E-state index contributed by atoms with van der Waals surface area (Å²) in [4.78, 5) is 2.61. The molecule has 2 aliphatic heterocycles. The van der Waals surface area contributed by atoms with Gasteiger partial charge in [0.15, 0.2) is 0 Å². The molecule has 0 aliphatic carbocycles. The van der Waals surface area contributed by atoms with Crippen LogP contribution in [0.5, 0.6) is 0 Å². The zero-order valence-electron chi connectivity index (χ0n) is 9.08. The van der Waals surface area contributed by atoms with Crippen molar-refractivity contribution in [3.05, 3.63) is 0 Å². The van der Waals surface area contributed by atoms with Gasteiger partial charge in [-0.3, -0.25) is 4.90 Å². The Labute approximate surface area is 86.5 Å². The molecule has 2 aliphatic rings. The minimum absolute atomic E-state index is 0.215. The first kappa shape index (κ1) is 10.4. The maximum atomic E-state index is 9.23. The molecule has 2 fully saturated rings. The molecule has 14 heavy (non-hydrogen) atoms. The van der Waals surface area contributed by atoms with Crippen molar-refractivity contribution in [2.24, 2.45) is 0 Å². The van der Waals surface area contributed by atoms with Crippen LogP contribution in [0.2, 0.25) is 0 Å². The Morgan fingerprint density at radius 1 is 1.36 bits per heavy atom. The van der Waals surface area contributed by atoms with Crippen molar-refractivity contribution in [1.82, 2.24) is 10.2 Å². The van der Waals surface area contributed by atoms with Crippen LogP contribution in [0.25, 0.3) is 0 Å². The van der Waals surface area contributed by atoms with E-state index in [0.717, 1.165) is 12.6 Å². The maximum Gasteiger partial charge on any atom is 0.0636 e. The van der Waals surface area contributed by atoms with Gasteiger partial charge in [0.05, 0.1) is 6.10 Å². The number of aliphatic hydroxyl groups excluding tert-OH is 1. The number of hydrogen-bond acceptors (Lipinski definition) is 3. The van der Waals surface area contributed by atoms with Gasteiger partial charge in [-0.15, -0.1) is 0 Å². The normalized spacial score (nSPS) is 35.6. The van der Waals surface area contributed by atoms with Crippen LogP contribution in [0, 0.1) is 0 Å². The molecule has 0 bridgehead atoms. The molecule has 3 atom stereocenters. The van der Waals surface area contributed by atoms with Crippen molar-refractivity contribution < 1.29 is 5.11 Å². The van der Waals surface area contributed by atoms with Gasteiger partial charge < -0.3 is 10.4 Å². The van der Waals surface area contributed by atoms with E-state index in [-0.39, 0.29) is 6.10 Å². The van der Waals surface area contributed by atoms with Gasteiger partial charge in [0.2, 0.25) is 0 Å². The average molecular weight is 198 g/mol. The molecule has 2 unspecified atom stereocenters. The molecule has 82 valence electrons. The Bertz CT molecular complexity index is 184. The summed E-state index contributed by atoms with van der Waals surface area (Å²) < 4.78 is 0. The van der Waals surface area contributed by atoms with Gasteiger partial charge in [0.1, 0.15) is 0 Å². The minimum atomic E-state index is -0.215. The molecule has 2 heterocycles. The molecule has 0 radical (unpaired) electrons. The molecule has 2 saturated heterocycles. The molecule has 0 aromatic carbocycles. The third-order valence-electron chi connectivity index (χ3n) is 3.53. The van der Waals surface area contributed by atoms with E-state index >= 15 is 0 Å². The van der Waals surface area contributed by atoms with E-state index in [0.29, 0.717) is 6.04 Å². The van der Waals surface area contributed by atoms with Crippen molar-refractivity contribution in [2.45, 2.75) is 50.8 Å². The molecule has 0 saturated carbocycles. The predicted octanol–water partition coefficient (Wildman–Crippen LogP) is 0.584. The summed E-state index contributed by atoms with van der Waals surface area (Å²) in [7, 11) is 0. The number of fused-ring (bicyclic) bond motifs is 1. The van der Waals surface area contributed by atoms with Crippen LogP contribution in [0.15, 0.2) is 0 Å². The molecule has 2 rings (SSSR count). The van der Waals surface area contributed by atoms with E-state index in [1.807, 2.05) is 6.92 Å². The summed E-state index contributed by atoms with van der Waals surface area (Å²) in [5.41, 5.74) is 0. The van der Waals surface area contributed by atoms with Gasteiger partial charge in [-0.2, -0.15) is 0 Å². The summed E-state index contributed by atoms with van der Waals surface area (Å²) in [6.45, 7) is 5.13. The molecular formula is C11H22N2O. The summed E-state index contributed by atoms with van der Waals surface area (Å²) in [6.07, 6.45) is 5.15. The van der Waals surface area contributed by atoms with Gasteiger partial charge in [-0.05, 0) is 32.7 Å². The highest BCUT2D eigenvalue weighted by molar-refractivity contribution is 4.93. The monoisotopic (exact) mass is 198 g/mol. The lowest BCUT2D eigenvalue weighted by Crippen LogP contribution is -2.46. The second kappa shape index (κ2) is 4.60. The van der Waals surface area contributed by atoms with E-state index < -0.39 is 0 Å². The first-order valence-corrected chi connectivity index (χ1v) is 5.93. The summed E-state index contributed by atoms with van der Waals surface area (Å²) >= 11 is 0. The zero-order valence-corrected chi connectivity index (χ0v) is 9.08. The fourth-order valence-corrected chi connectivity index (χ4v) is 2.81. The second-order valence-corrected chi connectivity index (χ2v) is 4.75. The number of nitrogens with one attached hydrogen (secondary N) is 1.